The molecule has 3 aromatic rings. The van der Waals surface area contributed by atoms with Crippen molar-refractivity contribution >= 4 is 47.3 Å². The van der Waals surface area contributed by atoms with Crippen LogP contribution in [0.4, 0.5) is 0 Å². The zero-order valence-corrected chi connectivity index (χ0v) is 24.0. The minimum atomic E-state index is -3.65. The van der Waals surface area contributed by atoms with E-state index in [1.54, 1.807) is 12.1 Å². The molecule has 9 nitrogen and oxygen atoms in total. The minimum absolute atomic E-state index is 0.132. The Balaban J connectivity index is 1.99. The molecular weight excluding hydrogens is 534 g/mol. The Bertz CT molecular complexity index is 1520. The Hall–Kier alpha value is -2.38. The molecule has 1 heterocycles. The smallest absolute Gasteiger partial charge is 0.279 e. The zero-order valence-electron chi connectivity index (χ0n) is 21.5. The van der Waals surface area contributed by atoms with Gasteiger partial charge in [0.1, 0.15) is 0 Å². The fourth-order valence-corrected chi connectivity index (χ4v) is 7.25. The topological polar surface area (TPSA) is 115 Å². The van der Waals surface area contributed by atoms with E-state index in [1.165, 1.54) is 46.0 Å². The molecule has 0 N–H and O–H groups in total. The average Bonchev–Trinajstić information content (AvgIpc) is 3.19. The molecule has 2 aromatic carbocycles. The molecule has 0 radical (unpaired) electrons. The Labute approximate surface area is 222 Å². The summed E-state index contributed by atoms with van der Waals surface area (Å²) in [7, 11) is -7.05. The summed E-state index contributed by atoms with van der Waals surface area (Å²) in [5, 5.41) is 0. The molecule has 3 rings (SSSR count). The third kappa shape index (κ3) is 6.94. The van der Waals surface area contributed by atoms with Gasteiger partial charge in [-0.2, -0.15) is 9.30 Å². The molecule has 0 saturated heterocycles. The first-order valence-corrected chi connectivity index (χ1v) is 16.3. The third-order valence-corrected chi connectivity index (χ3v) is 9.69. The van der Waals surface area contributed by atoms with Crippen molar-refractivity contribution in [3.8, 4) is 0 Å². The number of rotatable bonds is 12. The second kappa shape index (κ2) is 12.4. The quantitative estimate of drug-likeness (QED) is 0.308. The summed E-state index contributed by atoms with van der Waals surface area (Å²) in [5.41, 5.74) is 0.999. The lowest BCUT2D eigenvalue weighted by Crippen LogP contribution is -2.32. The van der Waals surface area contributed by atoms with E-state index in [0.717, 1.165) is 11.8 Å². The van der Waals surface area contributed by atoms with E-state index in [2.05, 4.69) is 4.99 Å². The summed E-state index contributed by atoms with van der Waals surface area (Å²) in [4.78, 5) is 18.1. The number of thiazole rings is 1. The molecule has 202 valence electrons. The molecular formula is C25H33N3O6S3. The Morgan fingerprint density at radius 3 is 2.16 bits per heavy atom. The van der Waals surface area contributed by atoms with Gasteiger partial charge in [0.25, 0.3) is 5.91 Å². The van der Waals surface area contributed by atoms with Gasteiger partial charge in [0.15, 0.2) is 14.6 Å². The molecule has 0 spiro atoms. The van der Waals surface area contributed by atoms with Crippen LogP contribution in [-0.4, -0.2) is 64.2 Å². The monoisotopic (exact) mass is 567 g/mol. The number of fused-ring (bicyclic) bond motifs is 1. The molecule has 0 fully saturated rings. The lowest BCUT2D eigenvalue weighted by molar-refractivity contribution is 0.0996. The van der Waals surface area contributed by atoms with Crippen LogP contribution in [0.1, 0.15) is 44.0 Å². The largest absolute Gasteiger partial charge is 0.380 e. The van der Waals surface area contributed by atoms with E-state index in [9.17, 15) is 21.6 Å². The molecule has 0 unspecified atom stereocenters. The molecule has 0 bridgehead atoms. The van der Waals surface area contributed by atoms with Crippen molar-refractivity contribution in [3.05, 3.63) is 52.8 Å². The highest BCUT2D eigenvalue weighted by Crippen LogP contribution is 2.22. The molecule has 0 aliphatic carbocycles. The lowest BCUT2D eigenvalue weighted by Gasteiger charge is -2.21. The predicted octanol–water partition coefficient (Wildman–Crippen LogP) is 3.69. The Kier molecular flexibility index (Phi) is 9.81. The number of sulfone groups is 1. The van der Waals surface area contributed by atoms with Crippen molar-refractivity contribution in [1.29, 1.82) is 0 Å². The highest BCUT2D eigenvalue weighted by Gasteiger charge is 2.23. The van der Waals surface area contributed by atoms with Crippen LogP contribution in [0.2, 0.25) is 0 Å². The van der Waals surface area contributed by atoms with Crippen molar-refractivity contribution in [2.24, 2.45) is 4.99 Å². The second-order valence-electron chi connectivity index (χ2n) is 8.48. The molecule has 12 heteroatoms. The van der Waals surface area contributed by atoms with Crippen LogP contribution in [0.15, 0.2) is 57.2 Å². The van der Waals surface area contributed by atoms with Gasteiger partial charge in [-0.15, -0.1) is 0 Å². The number of hydrogen-bond acceptors (Lipinski definition) is 7. The summed E-state index contributed by atoms with van der Waals surface area (Å²) < 4.78 is 59.5. The molecule has 1 amide bonds. The number of nitrogens with zero attached hydrogens (tertiary/aromatic N) is 3. The fraction of sp³-hybridized carbons (Fsp3) is 0.440. The maximum atomic E-state index is 13.0. The van der Waals surface area contributed by atoms with Gasteiger partial charge in [-0.3, -0.25) is 4.79 Å². The third-order valence-electron chi connectivity index (χ3n) is 5.63. The average molecular weight is 568 g/mol. The number of sulfonamides is 1. The van der Waals surface area contributed by atoms with Gasteiger partial charge < -0.3 is 9.30 Å². The van der Waals surface area contributed by atoms with Gasteiger partial charge in [-0.25, -0.2) is 16.8 Å². The maximum Gasteiger partial charge on any atom is 0.279 e. The Morgan fingerprint density at radius 1 is 0.973 bits per heavy atom. The first-order valence-electron chi connectivity index (χ1n) is 12.1. The van der Waals surface area contributed by atoms with Crippen molar-refractivity contribution in [1.82, 2.24) is 8.87 Å². The molecule has 0 aliphatic heterocycles. The summed E-state index contributed by atoms with van der Waals surface area (Å²) in [6.07, 6.45) is 2.56. The number of amides is 1. The first-order chi connectivity index (χ1) is 17.5. The van der Waals surface area contributed by atoms with Crippen LogP contribution in [0, 0.1) is 0 Å². The zero-order chi connectivity index (χ0) is 27.2. The van der Waals surface area contributed by atoms with Crippen molar-refractivity contribution < 1.29 is 26.4 Å². The van der Waals surface area contributed by atoms with Crippen LogP contribution in [0.3, 0.4) is 0 Å². The van der Waals surface area contributed by atoms with E-state index in [0.29, 0.717) is 55.2 Å². The normalized spacial score (nSPS) is 13.1. The highest BCUT2D eigenvalue weighted by molar-refractivity contribution is 7.90. The van der Waals surface area contributed by atoms with Crippen molar-refractivity contribution in [3.63, 3.8) is 0 Å². The van der Waals surface area contributed by atoms with E-state index in [1.807, 2.05) is 25.3 Å². The van der Waals surface area contributed by atoms with E-state index in [4.69, 9.17) is 4.74 Å². The number of carbonyl (C=O) groups excluding carboxylic acids is 1. The van der Waals surface area contributed by atoms with Crippen LogP contribution in [-0.2, 0) is 31.1 Å². The van der Waals surface area contributed by atoms with Gasteiger partial charge in [-0.05, 0) is 62.2 Å². The molecule has 0 aliphatic rings. The van der Waals surface area contributed by atoms with E-state index >= 15 is 0 Å². The SMILES string of the molecule is CCCN(CCC)S(=O)(=O)c1ccc(C(=O)N=c2sc3cc(S(C)(=O)=O)ccc3n2CCOCC)cc1. The molecule has 1 aromatic heterocycles. The number of aromatic nitrogens is 1. The van der Waals surface area contributed by atoms with Crippen LogP contribution in [0.5, 0.6) is 0 Å². The number of ether oxygens (including phenoxy) is 1. The summed E-state index contributed by atoms with van der Waals surface area (Å²) in [6, 6.07) is 10.6. The summed E-state index contributed by atoms with van der Waals surface area (Å²) in [6.45, 7) is 7.97. The highest BCUT2D eigenvalue weighted by atomic mass is 32.2. The minimum Gasteiger partial charge on any atom is -0.380 e. The van der Waals surface area contributed by atoms with Crippen LogP contribution in [0.25, 0.3) is 10.2 Å². The molecule has 0 saturated carbocycles. The van der Waals surface area contributed by atoms with Gasteiger partial charge in [0, 0.05) is 38.1 Å². The van der Waals surface area contributed by atoms with Crippen LogP contribution < -0.4 is 4.80 Å². The standard InChI is InChI=1S/C25H33N3O6S3/c1-5-14-27(15-6-2)37(32,33)20-10-8-19(9-11-20)24(29)26-25-28(16-17-34-7-3)22-13-12-21(36(4,30)31)18-23(22)35-25/h8-13,18H,5-7,14-17H2,1-4H3. The van der Waals surface area contributed by atoms with E-state index < -0.39 is 25.8 Å². The van der Waals surface area contributed by atoms with E-state index in [-0.39, 0.29) is 15.4 Å². The summed E-state index contributed by atoms with van der Waals surface area (Å²) >= 11 is 1.21. The summed E-state index contributed by atoms with van der Waals surface area (Å²) in [5.74, 6) is -0.525. The lowest BCUT2D eigenvalue weighted by atomic mass is 10.2. The number of carbonyl (C=O) groups is 1. The van der Waals surface area contributed by atoms with Gasteiger partial charge >= 0.3 is 0 Å². The molecule has 37 heavy (non-hydrogen) atoms. The number of benzene rings is 2. The Morgan fingerprint density at radius 2 is 1.59 bits per heavy atom. The van der Waals surface area contributed by atoms with Crippen molar-refractivity contribution in [2.75, 3.05) is 32.6 Å². The first kappa shape index (κ1) is 29.2. The van der Waals surface area contributed by atoms with Gasteiger partial charge in [0.2, 0.25) is 10.0 Å². The van der Waals surface area contributed by atoms with Gasteiger partial charge in [-0.1, -0.05) is 25.2 Å². The fourth-order valence-electron chi connectivity index (χ4n) is 3.81. The second-order valence-corrected chi connectivity index (χ2v) is 13.4. The molecule has 0 atom stereocenters. The van der Waals surface area contributed by atoms with Gasteiger partial charge in [0.05, 0.1) is 26.6 Å². The van der Waals surface area contributed by atoms with Crippen molar-refractivity contribution in [2.45, 2.75) is 49.9 Å². The maximum absolute atomic E-state index is 13.0. The van der Waals surface area contributed by atoms with Crippen LogP contribution >= 0.6 is 11.3 Å². The number of hydrogen-bond donors (Lipinski definition) is 0. The predicted molar refractivity (Wildman–Crippen MR) is 145 cm³/mol.